The number of aromatic nitrogens is 4. The largest absolute Gasteiger partial charge is 0.367 e. The number of hydrogen-bond acceptors (Lipinski definition) is 5. The Hall–Kier alpha value is -4.64. The predicted molar refractivity (Wildman–Crippen MR) is 132 cm³/mol. The summed E-state index contributed by atoms with van der Waals surface area (Å²) in [4.78, 5) is 13.6. The maximum absolute atomic E-state index is 11.4. The minimum Gasteiger partial charge on any atom is -0.367 e. The molecule has 8 nitrogen and oxygen atoms in total. The molecule has 0 saturated heterocycles. The number of carbonyl (C=O) groups is 1. The first kappa shape index (κ1) is 21.2. The van der Waals surface area contributed by atoms with Gasteiger partial charge in [-0.05, 0) is 35.8 Å². The molecular formula is C26H23N7O. The summed E-state index contributed by atoms with van der Waals surface area (Å²) in [6.45, 7) is 5.29. The van der Waals surface area contributed by atoms with E-state index < -0.39 is 5.91 Å². The van der Waals surface area contributed by atoms with Crippen LogP contribution in [-0.2, 0) is 11.8 Å². The molecule has 3 aromatic heterocycles. The summed E-state index contributed by atoms with van der Waals surface area (Å²) < 4.78 is 3.55. The van der Waals surface area contributed by atoms with Crippen molar-refractivity contribution in [2.45, 2.75) is 6.42 Å². The van der Waals surface area contributed by atoms with Crippen molar-refractivity contribution in [2.75, 3.05) is 18.0 Å². The number of rotatable bonds is 5. The maximum Gasteiger partial charge on any atom is 0.248 e. The lowest BCUT2D eigenvalue weighted by Crippen LogP contribution is -2.28. The number of carbonyl (C=O) groups excluding carboxylic acids is 1. The van der Waals surface area contributed by atoms with Crippen LogP contribution in [0.5, 0.6) is 0 Å². The molecule has 0 unspecified atom stereocenters. The summed E-state index contributed by atoms with van der Waals surface area (Å²) in [6, 6.07) is 12.1. The molecule has 1 aliphatic heterocycles. The Labute approximate surface area is 196 Å². The van der Waals surface area contributed by atoms with Gasteiger partial charge in [0, 0.05) is 60.5 Å². The Bertz CT molecular complexity index is 1500. The number of hydrogen-bond donors (Lipinski definition) is 1. The molecule has 1 amide bonds. The highest BCUT2D eigenvalue weighted by molar-refractivity contribution is 6.17. The van der Waals surface area contributed by atoms with Gasteiger partial charge in [-0.2, -0.15) is 15.5 Å². The first-order valence-electron chi connectivity index (χ1n) is 10.9. The van der Waals surface area contributed by atoms with Crippen LogP contribution in [0.25, 0.3) is 27.8 Å². The van der Waals surface area contributed by atoms with Gasteiger partial charge in [-0.3, -0.25) is 9.48 Å². The van der Waals surface area contributed by atoms with Gasteiger partial charge in [-0.25, -0.2) is 4.52 Å². The Kier molecular flexibility index (Phi) is 5.22. The second kappa shape index (κ2) is 8.37. The summed E-state index contributed by atoms with van der Waals surface area (Å²) in [5.74, 6) is -0.519. The standard InChI is InChI=1S/C26H23N7O/c1-17(26(28)34)18-3-5-23(6-4-18)32-9-7-19(8-10-32)24-11-20(22-14-29-31(2)15-22)16-33-25(24)21(12-27)13-30-33/h3-7,11,13-16H,1,8-10H2,2H3,(H2,28,34). The molecule has 34 heavy (non-hydrogen) atoms. The van der Waals surface area contributed by atoms with Crippen LogP contribution in [0.3, 0.4) is 0 Å². The lowest BCUT2D eigenvalue weighted by molar-refractivity contribution is -0.112. The summed E-state index contributed by atoms with van der Waals surface area (Å²) >= 11 is 0. The smallest absolute Gasteiger partial charge is 0.248 e. The van der Waals surface area contributed by atoms with Crippen LogP contribution in [-0.4, -0.2) is 38.4 Å². The van der Waals surface area contributed by atoms with Crippen LogP contribution in [0.2, 0.25) is 0 Å². The second-order valence-electron chi connectivity index (χ2n) is 8.32. The van der Waals surface area contributed by atoms with Crippen molar-refractivity contribution < 1.29 is 4.79 Å². The van der Waals surface area contributed by atoms with Crippen molar-refractivity contribution in [3.63, 3.8) is 0 Å². The van der Waals surface area contributed by atoms with Crippen molar-refractivity contribution in [1.82, 2.24) is 19.4 Å². The molecule has 0 fully saturated rings. The van der Waals surface area contributed by atoms with Gasteiger partial charge >= 0.3 is 0 Å². The first-order chi connectivity index (χ1) is 16.4. The summed E-state index contributed by atoms with van der Waals surface area (Å²) in [7, 11) is 1.89. The van der Waals surface area contributed by atoms with E-state index in [1.165, 1.54) is 5.57 Å². The normalized spacial score (nSPS) is 13.5. The summed E-state index contributed by atoms with van der Waals surface area (Å²) in [5.41, 5.74) is 13.0. The maximum atomic E-state index is 11.4. The molecule has 8 heteroatoms. The van der Waals surface area contributed by atoms with Crippen LogP contribution in [0.1, 0.15) is 23.1 Å². The summed E-state index contributed by atoms with van der Waals surface area (Å²) in [6.07, 6.45) is 10.4. The Morgan fingerprint density at radius 2 is 1.94 bits per heavy atom. The average Bonchev–Trinajstić information content (AvgIpc) is 3.49. The van der Waals surface area contributed by atoms with E-state index in [2.05, 4.69) is 39.9 Å². The predicted octanol–water partition coefficient (Wildman–Crippen LogP) is 3.40. The third-order valence-corrected chi connectivity index (χ3v) is 6.20. The highest BCUT2D eigenvalue weighted by atomic mass is 16.1. The van der Waals surface area contributed by atoms with Crippen molar-refractivity contribution in [2.24, 2.45) is 12.8 Å². The molecule has 4 aromatic rings. The minimum absolute atomic E-state index is 0.305. The third kappa shape index (κ3) is 3.73. The molecule has 0 aliphatic carbocycles. The molecule has 0 atom stereocenters. The second-order valence-corrected chi connectivity index (χ2v) is 8.32. The van der Waals surface area contributed by atoms with Gasteiger partial charge in [0.25, 0.3) is 0 Å². The van der Waals surface area contributed by atoms with Gasteiger partial charge < -0.3 is 10.6 Å². The molecule has 4 heterocycles. The van der Waals surface area contributed by atoms with Gasteiger partial charge in [-0.1, -0.05) is 24.8 Å². The molecule has 0 radical (unpaired) electrons. The number of benzene rings is 1. The highest BCUT2D eigenvalue weighted by Crippen LogP contribution is 2.33. The van der Waals surface area contributed by atoms with Crippen LogP contribution in [0, 0.1) is 11.3 Å². The molecule has 1 aliphatic rings. The van der Waals surface area contributed by atoms with E-state index in [1.54, 1.807) is 15.4 Å². The zero-order valence-corrected chi connectivity index (χ0v) is 18.8. The topological polar surface area (TPSA) is 105 Å². The van der Waals surface area contributed by atoms with Crippen molar-refractivity contribution >= 4 is 28.3 Å². The number of nitrogens with two attached hydrogens (primary N) is 1. The number of fused-ring (bicyclic) bond motifs is 1. The molecule has 0 bridgehead atoms. The quantitative estimate of drug-likeness (QED) is 0.470. The van der Waals surface area contributed by atoms with Gasteiger partial charge in [0.05, 0.1) is 23.5 Å². The molecular weight excluding hydrogens is 426 g/mol. The van der Waals surface area contributed by atoms with Gasteiger partial charge in [0.2, 0.25) is 5.91 Å². The van der Waals surface area contributed by atoms with E-state index in [0.29, 0.717) is 11.1 Å². The van der Waals surface area contributed by atoms with Crippen molar-refractivity contribution in [3.05, 3.63) is 84.5 Å². The van der Waals surface area contributed by atoms with E-state index in [1.807, 2.05) is 49.9 Å². The first-order valence-corrected chi connectivity index (χ1v) is 10.9. The lowest BCUT2D eigenvalue weighted by atomic mass is 9.95. The SMILES string of the molecule is C=C(C(N)=O)c1ccc(N2CC=C(c3cc(-c4cnn(C)c4)cn4ncc(C#N)c34)CC2)cc1. The number of aryl methyl sites for hydroxylation is 1. The Morgan fingerprint density at radius 1 is 1.15 bits per heavy atom. The summed E-state index contributed by atoms with van der Waals surface area (Å²) in [5, 5.41) is 18.4. The molecule has 5 rings (SSSR count). The fourth-order valence-electron chi connectivity index (χ4n) is 4.34. The van der Waals surface area contributed by atoms with E-state index in [0.717, 1.165) is 53.0 Å². The van der Waals surface area contributed by atoms with Gasteiger partial charge in [0.15, 0.2) is 0 Å². The van der Waals surface area contributed by atoms with Crippen LogP contribution in [0.15, 0.2) is 67.8 Å². The monoisotopic (exact) mass is 449 g/mol. The number of nitriles is 1. The number of pyridine rings is 1. The number of amides is 1. The van der Waals surface area contributed by atoms with E-state index in [-0.39, 0.29) is 0 Å². The average molecular weight is 450 g/mol. The van der Waals surface area contributed by atoms with E-state index >= 15 is 0 Å². The fourth-order valence-corrected chi connectivity index (χ4v) is 4.34. The minimum atomic E-state index is -0.519. The third-order valence-electron chi connectivity index (χ3n) is 6.20. The van der Waals surface area contributed by atoms with Crippen molar-refractivity contribution in [1.29, 1.82) is 5.26 Å². The zero-order valence-electron chi connectivity index (χ0n) is 18.8. The van der Waals surface area contributed by atoms with Crippen molar-refractivity contribution in [3.8, 4) is 17.2 Å². The van der Waals surface area contributed by atoms with Crippen LogP contribution >= 0.6 is 0 Å². The Balaban J connectivity index is 1.48. The van der Waals surface area contributed by atoms with Gasteiger partial charge in [-0.15, -0.1) is 0 Å². The molecule has 2 N–H and O–H groups in total. The van der Waals surface area contributed by atoms with E-state index in [4.69, 9.17) is 5.73 Å². The van der Waals surface area contributed by atoms with Crippen LogP contribution < -0.4 is 10.6 Å². The van der Waals surface area contributed by atoms with Crippen LogP contribution in [0.4, 0.5) is 5.69 Å². The number of anilines is 1. The zero-order chi connectivity index (χ0) is 23.8. The molecule has 0 spiro atoms. The lowest BCUT2D eigenvalue weighted by Gasteiger charge is -2.29. The van der Waals surface area contributed by atoms with Gasteiger partial charge in [0.1, 0.15) is 6.07 Å². The molecule has 0 saturated carbocycles. The highest BCUT2D eigenvalue weighted by Gasteiger charge is 2.19. The Morgan fingerprint density at radius 3 is 2.56 bits per heavy atom. The fraction of sp³-hybridized carbons (Fsp3) is 0.154. The molecule has 168 valence electrons. The van der Waals surface area contributed by atoms with E-state index in [9.17, 15) is 10.1 Å². The number of primary amides is 1. The number of nitrogens with zero attached hydrogens (tertiary/aromatic N) is 6. The molecule has 1 aromatic carbocycles.